The fourth-order valence-electron chi connectivity index (χ4n) is 2.22. The first-order valence-electron chi connectivity index (χ1n) is 6.90. The lowest BCUT2D eigenvalue weighted by molar-refractivity contribution is 0.534. The number of halogens is 2. The van der Waals surface area contributed by atoms with Crippen molar-refractivity contribution in [3.63, 3.8) is 0 Å². The number of aryl methyl sites for hydroxylation is 1. The van der Waals surface area contributed by atoms with E-state index in [4.69, 9.17) is 11.6 Å². The molecule has 0 aliphatic carbocycles. The molecular formula is C16H19ClFNS. The molecule has 1 heterocycles. The predicted octanol–water partition coefficient (Wildman–Crippen LogP) is 5.00. The Morgan fingerprint density at radius 3 is 2.70 bits per heavy atom. The minimum Gasteiger partial charge on any atom is -0.309 e. The van der Waals surface area contributed by atoms with E-state index in [-0.39, 0.29) is 16.9 Å². The molecule has 108 valence electrons. The fraction of sp³-hybridized carbons (Fsp3) is 0.375. The zero-order valence-corrected chi connectivity index (χ0v) is 13.3. The van der Waals surface area contributed by atoms with Gasteiger partial charge in [0.05, 0.1) is 5.02 Å². The number of hydrogen-bond donors (Lipinski definition) is 1. The van der Waals surface area contributed by atoms with Crippen LogP contribution in [0.2, 0.25) is 5.02 Å². The normalized spacial score (nSPS) is 12.6. The Morgan fingerprint density at radius 2 is 2.05 bits per heavy atom. The van der Waals surface area contributed by atoms with Crippen molar-refractivity contribution < 1.29 is 4.39 Å². The first-order chi connectivity index (χ1) is 9.65. The highest BCUT2D eigenvalue weighted by Gasteiger charge is 2.16. The molecule has 0 saturated heterocycles. The summed E-state index contributed by atoms with van der Waals surface area (Å²) in [6.45, 7) is 5.07. The first kappa shape index (κ1) is 15.5. The third-order valence-corrected chi connectivity index (χ3v) is 4.92. The standard InChI is InChI=1S/C16H19ClFNS/c1-3-12-8-9-15(20-12)14(19-4-2)10-11-6-5-7-13(17)16(11)18/h5-9,14,19H,3-4,10H2,1-2H3. The van der Waals surface area contributed by atoms with E-state index in [2.05, 4.69) is 31.3 Å². The van der Waals surface area contributed by atoms with Crippen molar-refractivity contribution in [2.45, 2.75) is 32.7 Å². The van der Waals surface area contributed by atoms with Gasteiger partial charge in [0.2, 0.25) is 0 Å². The third kappa shape index (κ3) is 3.60. The molecule has 1 unspecified atom stereocenters. The van der Waals surface area contributed by atoms with Crippen LogP contribution >= 0.6 is 22.9 Å². The second kappa shape index (κ2) is 7.21. The van der Waals surface area contributed by atoms with Crippen LogP contribution in [0, 0.1) is 5.82 Å². The van der Waals surface area contributed by atoms with Gasteiger partial charge < -0.3 is 5.32 Å². The van der Waals surface area contributed by atoms with E-state index in [0.717, 1.165) is 13.0 Å². The van der Waals surface area contributed by atoms with Crippen LogP contribution in [0.4, 0.5) is 4.39 Å². The molecule has 1 aromatic carbocycles. The van der Waals surface area contributed by atoms with Crippen molar-refractivity contribution in [1.82, 2.24) is 5.32 Å². The van der Waals surface area contributed by atoms with Crippen molar-refractivity contribution in [2.24, 2.45) is 0 Å². The quantitative estimate of drug-likeness (QED) is 0.792. The smallest absolute Gasteiger partial charge is 0.145 e. The molecule has 2 rings (SSSR count). The van der Waals surface area contributed by atoms with Gasteiger partial charge in [-0.15, -0.1) is 11.3 Å². The summed E-state index contributed by atoms with van der Waals surface area (Å²) in [5, 5.41) is 3.62. The topological polar surface area (TPSA) is 12.0 Å². The summed E-state index contributed by atoms with van der Waals surface area (Å²) in [5.74, 6) is -0.302. The summed E-state index contributed by atoms with van der Waals surface area (Å²) < 4.78 is 14.0. The monoisotopic (exact) mass is 311 g/mol. The van der Waals surface area contributed by atoms with E-state index in [1.807, 2.05) is 0 Å². The maximum Gasteiger partial charge on any atom is 0.145 e. The zero-order valence-electron chi connectivity index (χ0n) is 11.7. The molecule has 1 nitrogen and oxygen atoms in total. The Hall–Kier alpha value is -0.900. The van der Waals surface area contributed by atoms with Gasteiger partial charge >= 0.3 is 0 Å². The van der Waals surface area contributed by atoms with Crippen LogP contribution in [0.15, 0.2) is 30.3 Å². The van der Waals surface area contributed by atoms with Gasteiger partial charge in [0.1, 0.15) is 5.82 Å². The molecule has 1 atom stereocenters. The number of likely N-dealkylation sites (N-methyl/N-ethyl adjacent to an activating group) is 1. The van der Waals surface area contributed by atoms with Crippen LogP contribution in [0.3, 0.4) is 0 Å². The SMILES string of the molecule is CCNC(Cc1cccc(Cl)c1F)c1ccc(CC)s1. The molecular weight excluding hydrogens is 293 g/mol. The van der Waals surface area contributed by atoms with Crippen LogP contribution in [-0.4, -0.2) is 6.54 Å². The molecule has 1 aromatic heterocycles. The molecule has 0 bridgehead atoms. The van der Waals surface area contributed by atoms with E-state index >= 15 is 0 Å². The Labute approximate surface area is 128 Å². The highest BCUT2D eigenvalue weighted by molar-refractivity contribution is 7.12. The van der Waals surface area contributed by atoms with Crippen LogP contribution < -0.4 is 5.32 Å². The van der Waals surface area contributed by atoms with Crippen molar-refractivity contribution in [3.8, 4) is 0 Å². The van der Waals surface area contributed by atoms with Crippen molar-refractivity contribution in [3.05, 3.63) is 56.5 Å². The average molecular weight is 312 g/mol. The molecule has 1 N–H and O–H groups in total. The largest absolute Gasteiger partial charge is 0.309 e. The van der Waals surface area contributed by atoms with Crippen LogP contribution in [0.1, 0.15) is 35.2 Å². The molecule has 4 heteroatoms. The molecule has 0 amide bonds. The Bertz CT molecular complexity index is 567. The number of nitrogens with one attached hydrogen (secondary N) is 1. The molecule has 0 aliphatic rings. The predicted molar refractivity (Wildman–Crippen MR) is 85.2 cm³/mol. The Balaban J connectivity index is 2.23. The molecule has 0 fully saturated rings. The lowest BCUT2D eigenvalue weighted by atomic mass is 10.0. The highest BCUT2D eigenvalue weighted by Crippen LogP contribution is 2.28. The maximum absolute atomic E-state index is 14.0. The number of benzene rings is 1. The second-order valence-electron chi connectivity index (χ2n) is 4.68. The van der Waals surface area contributed by atoms with Gasteiger partial charge in [-0.1, -0.05) is 37.6 Å². The summed E-state index contributed by atoms with van der Waals surface area (Å²) in [7, 11) is 0. The van der Waals surface area contributed by atoms with Crippen LogP contribution in [-0.2, 0) is 12.8 Å². The van der Waals surface area contributed by atoms with Gasteiger partial charge in [0.25, 0.3) is 0 Å². The zero-order chi connectivity index (χ0) is 14.5. The number of thiophene rings is 1. The summed E-state index contributed by atoms with van der Waals surface area (Å²) in [6, 6.07) is 9.62. The summed E-state index contributed by atoms with van der Waals surface area (Å²) in [6.07, 6.45) is 1.65. The van der Waals surface area contributed by atoms with E-state index in [0.29, 0.717) is 12.0 Å². The van der Waals surface area contributed by atoms with E-state index in [1.165, 1.54) is 9.75 Å². The van der Waals surface area contributed by atoms with Crippen LogP contribution in [0.5, 0.6) is 0 Å². The third-order valence-electron chi connectivity index (χ3n) is 3.28. The first-order valence-corrected chi connectivity index (χ1v) is 8.10. The minimum atomic E-state index is -0.302. The lowest BCUT2D eigenvalue weighted by Gasteiger charge is -2.17. The fourth-order valence-corrected chi connectivity index (χ4v) is 3.44. The van der Waals surface area contributed by atoms with Gasteiger partial charge in [-0.25, -0.2) is 4.39 Å². The minimum absolute atomic E-state index is 0.137. The van der Waals surface area contributed by atoms with E-state index in [9.17, 15) is 4.39 Å². The van der Waals surface area contributed by atoms with Crippen molar-refractivity contribution >= 4 is 22.9 Å². The van der Waals surface area contributed by atoms with Gasteiger partial charge in [0.15, 0.2) is 0 Å². The summed E-state index contributed by atoms with van der Waals surface area (Å²) in [4.78, 5) is 2.61. The van der Waals surface area contributed by atoms with Gasteiger partial charge in [-0.05, 0) is 43.1 Å². The number of rotatable bonds is 6. The second-order valence-corrected chi connectivity index (χ2v) is 6.29. The molecule has 20 heavy (non-hydrogen) atoms. The maximum atomic E-state index is 14.0. The van der Waals surface area contributed by atoms with Crippen molar-refractivity contribution in [1.29, 1.82) is 0 Å². The highest BCUT2D eigenvalue weighted by atomic mass is 35.5. The Morgan fingerprint density at radius 1 is 1.25 bits per heavy atom. The molecule has 0 radical (unpaired) electrons. The van der Waals surface area contributed by atoms with Gasteiger partial charge in [-0.3, -0.25) is 0 Å². The van der Waals surface area contributed by atoms with Gasteiger partial charge in [0, 0.05) is 15.8 Å². The molecule has 0 aliphatic heterocycles. The summed E-state index contributed by atoms with van der Waals surface area (Å²) in [5.41, 5.74) is 0.662. The van der Waals surface area contributed by atoms with Crippen LogP contribution in [0.25, 0.3) is 0 Å². The lowest BCUT2D eigenvalue weighted by Crippen LogP contribution is -2.22. The summed E-state index contributed by atoms with van der Waals surface area (Å²) >= 11 is 7.65. The number of hydrogen-bond acceptors (Lipinski definition) is 2. The van der Waals surface area contributed by atoms with Gasteiger partial charge in [-0.2, -0.15) is 0 Å². The van der Waals surface area contributed by atoms with E-state index < -0.39 is 0 Å². The van der Waals surface area contributed by atoms with Crippen molar-refractivity contribution in [2.75, 3.05) is 6.54 Å². The average Bonchev–Trinajstić information content (AvgIpc) is 2.92. The molecule has 0 spiro atoms. The Kier molecular flexibility index (Phi) is 5.58. The molecule has 0 saturated carbocycles. The molecule has 2 aromatic rings. The van der Waals surface area contributed by atoms with E-state index in [1.54, 1.807) is 29.5 Å².